The van der Waals surface area contributed by atoms with Gasteiger partial charge in [-0.15, -0.1) is 0 Å². The Hall–Kier alpha value is -1.43. The van der Waals surface area contributed by atoms with E-state index in [0.717, 1.165) is 24.3 Å². The van der Waals surface area contributed by atoms with Crippen molar-refractivity contribution < 1.29 is 9.53 Å². The van der Waals surface area contributed by atoms with E-state index in [1.165, 1.54) is 0 Å². The van der Waals surface area contributed by atoms with Crippen LogP contribution in [0.25, 0.3) is 0 Å². The first kappa shape index (κ1) is 13.0. The molecule has 5 nitrogen and oxygen atoms in total. The Kier molecular flexibility index (Phi) is 4.69. The van der Waals surface area contributed by atoms with Crippen molar-refractivity contribution in [1.29, 1.82) is 0 Å². The van der Waals surface area contributed by atoms with Crippen LogP contribution in [0.1, 0.15) is 5.56 Å². The second-order valence-corrected chi connectivity index (χ2v) is 4.30. The zero-order valence-corrected chi connectivity index (χ0v) is 10.6. The first-order valence-corrected chi connectivity index (χ1v) is 6.17. The molecule has 0 radical (unpaired) electrons. The molecule has 0 unspecified atom stereocenters. The maximum absolute atomic E-state index is 11.8. The van der Waals surface area contributed by atoms with Crippen LogP contribution in [0.4, 0.5) is 5.69 Å². The van der Waals surface area contributed by atoms with Crippen molar-refractivity contribution in [3.05, 3.63) is 29.8 Å². The molecule has 1 saturated heterocycles. The van der Waals surface area contributed by atoms with E-state index in [4.69, 9.17) is 4.74 Å². The molecule has 1 aliphatic heterocycles. The molecule has 0 aliphatic carbocycles. The average molecular weight is 249 g/mol. The van der Waals surface area contributed by atoms with Gasteiger partial charge in [-0.25, -0.2) is 10.4 Å². The summed E-state index contributed by atoms with van der Waals surface area (Å²) in [6.07, 6.45) is 0. The van der Waals surface area contributed by atoms with E-state index in [1.54, 1.807) is 0 Å². The van der Waals surface area contributed by atoms with Gasteiger partial charge in [-0.3, -0.25) is 4.79 Å². The number of carbonyl (C=O) groups is 1. The zero-order chi connectivity index (χ0) is 12.8. The minimum Gasteiger partial charge on any atom is -0.379 e. The summed E-state index contributed by atoms with van der Waals surface area (Å²) in [4.78, 5) is 11.8. The number of anilines is 1. The van der Waals surface area contributed by atoms with Gasteiger partial charge in [0, 0.05) is 18.8 Å². The fraction of sp³-hybridized carbons (Fsp3) is 0.462. The molecule has 1 amide bonds. The third-order valence-electron chi connectivity index (χ3n) is 2.89. The molecule has 0 spiro atoms. The number of ether oxygens (including phenoxy) is 1. The minimum atomic E-state index is -0.0317. The molecule has 0 saturated carbocycles. The second-order valence-electron chi connectivity index (χ2n) is 4.30. The molecule has 1 heterocycles. The first-order valence-electron chi connectivity index (χ1n) is 6.17. The van der Waals surface area contributed by atoms with Crippen LogP contribution < -0.4 is 10.7 Å². The summed E-state index contributed by atoms with van der Waals surface area (Å²) in [6, 6.07) is 7.75. The number of amides is 1. The molecule has 0 aromatic heterocycles. The maximum atomic E-state index is 11.8. The Labute approximate surface area is 107 Å². The second kappa shape index (κ2) is 6.49. The predicted octanol–water partition coefficient (Wildman–Crippen LogP) is 0.770. The van der Waals surface area contributed by atoms with Crippen molar-refractivity contribution in [2.24, 2.45) is 0 Å². The Balaban J connectivity index is 1.76. The first-order chi connectivity index (χ1) is 8.75. The van der Waals surface area contributed by atoms with E-state index in [-0.39, 0.29) is 12.5 Å². The monoisotopic (exact) mass is 249 g/mol. The van der Waals surface area contributed by atoms with Gasteiger partial charge >= 0.3 is 0 Å². The lowest BCUT2D eigenvalue weighted by atomic mass is 10.2. The minimum absolute atomic E-state index is 0.0317. The summed E-state index contributed by atoms with van der Waals surface area (Å²) in [7, 11) is 0. The Morgan fingerprint density at radius 1 is 1.33 bits per heavy atom. The van der Waals surface area contributed by atoms with Crippen molar-refractivity contribution in [3.63, 3.8) is 0 Å². The van der Waals surface area contributed by atoms with E-state index in [9.17, 15) is 4.79 Å². The Morgan fingerprint density at radius 3 is 2.78 bits per heavy atom. The fourth-order valence-electron chi connectivity index (χ4n) is 1.81. The summed E-state index contributed by atoms with van der Waals surface area (Å²) >= 11 is 0. The van der Waals surface area contributed by atoms with Crippen molar-refractivity contribution >= 4 is 11.6 Å². The smallest absolute Gasteiger partial charge is 0.239 e. The van der Waals surface area contributed by atoms with Gasteiger partial charge < -0.3 is 10.1 Å². The van der Waals surface area contributed by atoms with Crippen LogP contribution in [0.5, 0.6) is 0 Å². The molecular formula is C13H19N3O2. The van der Waals surface area contributed by atoms with Gasteiger partial charge in [-0.05, 0) is 18.6 Å². The van der Waals surface area contributed by atoms with Gasteiger partial charge in [0.2, 0.25) is 5.91 Å². The fourth-order valence-corrected chi connectivity index (χ4v) is 1.81. The number of aryl methyl sites for hydroxylation is 1. The summed E-state index contributed by atoms with van der Waals surface area (Å²) in [5.74, 6) is -0.0317. The molecule has 1 aliphatic rings. The van der Waals surface area contributed by atoms with Crippen LogP contribution in [0, 0.1) is 6.92 Å². The molecule has 18 heavy (non-hydrogen) atoms. The summed E-state index contributed by atoms with van der Waals surface area (Å²) in [5.41, 5.74) is 5.04. The number of benzene rings is 1. The molecular weight excluding hydrogens is 230 g/mol. The molecule has 1 fully saturated rings. The normalized spacial score (nSPS) is 16.5. The standard InChI is InChI=1S/C13H19N3O2/c1-11-4-2-3-5-12(11)15-13(17)10-14-16-6-8-18-9-7-16/h2-5,14H,6-10H2,1H3,(H,15,17). The molecule has 1 aromatic carbocycles. The Morgan fingerprint density at radius 2 is 2.06 bits per heavy atom. The van der Waals surface area contributed by atoms with Crippen LogP contribution in [-0.4, -0.2) is 43.8 Å². The molecule has 0 bridgehead atoms. The number of carbonyl (C=O) groups excluding carboxylic acids is 1. The lowest BCUT2D eigenvalue weighted by Gasteiger charge is -2.26. The SMILES string of the molecule is Cc1ccccc1NC(=O)CNN1CCOCC1. The van der Waals surface area contributed by atoms with E-state index in [0.29, 0.717) is 13.2 Å². The van der Waals surface area contributed by atoms with E-state index < -0.39 is 0 Å². The molecule has 0 atom stereocenters. The van der Waals surface area contributed by atoms with E-state index in [1.807, 2.05) is 36.2 Å². The van der Waals surface area contributed by atoms with E-state index in [2.05, 4.69) is 10.7 Å². The number of hydrogen-bond acceptors (Lipinski definition) is 4. The van der Waals surface area contributed by atoms with Crippen LogP contribution in [0.15, 0.2) is 24.3 Å². The van der Waals surface area contributed by atoms with Crippen molar-refractivity contribution in [3.8, 4) is 0 Å². The van der Waals surface area contributed by atoms with Crippen LogP contribution in [0.2, 0.25) is 0 Å². The molecule has 5 heteroatoms. The maximum Gasteiger partial charge on any atom is 0.239 e. The number of rotatable bonds is 4. The van der Waals surface area contributed by atoms with Gasteiger partial charge in [0.25, 0.3) is 0 Å². The van der Waals surface area contributed by atoms with Crippen molar-refractivity contribution in [1.82, 2.24) is 10.4 Å². The third-order valence-corrected chi connectivity index (χ3v) is 2.89. The van der Waals surface area contributed by atoms with Gasteiger partial charge in [0.1, 0.15) is 0 Å². The van der Waals surface area contributed by atoms with Gasteiger partial charge in [-0.1, -0.05) is 18.2 Å². The lowest BCUT2D eigenvalue weighted by molar-refractivity contribution is -0.116. The average Bonchev–Trinajstić information content (AvgIpc) is 2.40. The highest BCUT2D eigenvalue weighted by Gasteiger charge is 2.11. The highest BCUT2D eigenvalue weighted by molar-refractivity contribution is 5.92. The van der Waals surface area contributed by atoms with E-state index >= 15 is 0 Å². The van der Waals surface area contributed by atoms with Crippen molar-refractivity contribution in [2.45, 2.75) is 6.92 Å². The van der Waals surface area contributed by atoms with Gasteiger partial charge in [0.15, 0.2) is 0 Å². The van der Waals surface area contributed by atoms with Crippen LogP contribution in [0.3, 0.4) is 0 Å². The zero-order valence-electron chi connectivity index (χ0n) is 10.6. The molecule has 1 aromatic rings. The molecule has 98 valence electrons. The highest BCUT2D eigenvalue weighted by Crippen LogP contribution is 2.12. The van der Waals surface area contributed by atoms with Gasteiger partial charge in [-0.2, -0.15) is 0 Å². The molecule has 2 rings (SSSR count). The third kappa shape index (κ3) is 3.80. The van der Waals surface area contributed by atoms with Crippen LogP contribution in [-0.2, 0) is 9.53 Å². The number of nitrogens with zero attached hydrogens (tertiary/aromatic N) is 1. The number of hydrogen-bond donors (Lipinski definition) is 2. The largest absolute Gasteiger partial charge is 0.379 e. The predicted molar refractivity (Wildman–Crippen MR) is 70.2 cm³/mol. The number of nitrogens with one attached hydrogen (secondary N) is 2. The summed E-state index contributed by atoms with van der Waals surface area (Å²) in [6.45, 7) is 5.33. The topological polar surface area (TPSA) is 53.6 Å². The Bertz CT molecular complexity index is 403. The van der Waals surface area contributed by atoms with Crippen molar-refractivity contribution in [2.75, 3.05) is 38.2 Å². The van der Waals surface area contributed by atoms with Crippen LogP contribution >= 0.6 is 0 Å². The number of morpholine rings is 1. The number of hydrazine groups is 1. The highest BCUT2D eigenvalue weighted by atomic mass is 16.5. The summed E-state index contributed by atoms with van der Waals surface area (Å²) in [5, 5.41) is 4.91. The lowest BCUT2D eigenvalue weighted by Crippen LogP contribution is -2.48. The quantitative estimate of drug-likeness (QED) is 0.827. The van der Waals surface area contributed by atoms with Gasteiger partial charge in [0.05, 0.1) is 19.8 Å². The summed E-state index contributed by atoms with van der Waals surface area (Å²) < 4.78 is 5.24. The molecule has 2 N–H and O–H groups in total. The number of para-hydroxylation sites is 1.